The van der Waals surface area contributed by atoms with Crippen molar-refractivity contribution in [2.75, 3.05) is 14.2 Å². The van der Waals surface area contributed by atoms with Crippen LogP contribution in [0.25, 0.3) is 0 Å². The fourth-order valence-electron chi connectivity index (χ4n) is 1.37. The van der Waals surface area contributed by atoms with E-state index in [1.54, 1.807) is 25.3 Å². The lowest BCUT2D eigenvalue weighted by atomic mass is 10.3. The van der Waals surface area contributed by atoms with Gasteiger partial charge in [0.15, 0.2) is 18.1 Å². The van der Waals surface area contributed by atoms with E-state index in [1.807, 2.05) is 0 Å². The van der Waals surface area contributed by atoms with Gasteiger partial charge in [0.05, 0.1) is 14.2 Å². The second-order valence-electron chi connectivity index (χ2n) is 3.31. The molecule has 0 spiro atoms. The maximum atomic E-state index is 10.7. The molecule has 0 aliphatic rings. The molecule has 7 nitrogen and oxygen atoms in total. The van der Waals surface area contributed by atoms with Gasteiger partial charge in [-0.15, -0.1) is 5.10 Å². The van der Waals surface area contributed by atoms with Crippen LogP contribution in [0.5, 0.6) is 17.2 Å². The standard InChI is InChI=1S/C11H12N2O5/c1-15-8-4-3-7(5-9(8)16-2)17-6-10-12-13-11(14)18-10/h3-5H,6H2,1-2H3,(H,13,14). The molecule has 0 saturated heterocycles. The number of H-pyrrole nitrogens is 1. The summed E-state index contributed by atoms with van der Waals surface area (Å²) in [7, 11) is 3.09. The Morgan fingerprint density at radius 3 is 2.67 bits per heavy atom. The third kappa shape index (κ3) is 2.62. The zero-order valence-corrected chi connectivity index (χ0v) is 9.93. The molecule has 0 saturated carbocycles. The highest BCUT2D eigenvalue weighted by atomic mass is 16.5. The molecule has 0 aliphatic carbocycles. The smallest absolute Gasteiger partial charge is 0.434 e. The molecule has 1 N–H and O–H groups in total. The number of benzene rings is 1. The Hall–Kier alpha value is -2.44. The Kier molecular flexibility index (Phi) is 3.52. The van der Waals surface area contributed by atoms with Crippen molar-refractivity contribution < 1.29 is 18.6 Å². The zero-order chi connectivity index (χ0) is 13.0. The molecule has 18 heavy (non-hydrogen) atoms. The minimum atomic E-state index is -0.610. The van der Waals surface area contributed by atoms with E-state index in [2.05, 4.69) is 10.2 Å². The Morgan fingerprint density at radius 1 is 1.28 bits per heavy atom. The molecule has 2 rings (SSSR count). The highest BCUT2D eigenvalue weighted by Crippen LogP contribution is 2.30. The van der Waals surface area contributed by atoms with Crippen molar-refractivity contribution in [3.8, 4) is 17.2 Å². The zero-order valence-electron chi connectivity index (χ0n) is 9.93. The van der Waals surface area contributed by atoms with Gasteiger partial charge in [0, 0.05) is 6.07 Å². The van der Waals surface area contributed by atoms with Crippen molar-refractivity contribution in [1.29, 1.82) is 0 Å². The van der Waals surface area contributed by atoms with Crippen LogP contribution in [0.15, 0.2) is 27.4 Å². The van der Waals surface area contributed by atoms with Gasteiger partial charge in [-0.1, -0.05) is 0 Å². The first-order valence-corrected chi connectivity index (χ1v) is 5.12. The molecule has 0 bridgehead atoms. The van der Waals surface area contributed by atoms with Crippen LogP contribution in [-0.4, -0.2) is 24.4 Å². The highest BCUT2D eigenvalue weighted by molar-refractivity contribution is 5.45. The van der Waals surface area contributed by atoms with E-state index < -0.39 is 5.76 Å². The number of hydrogen-bond acceptors (Lipinski definition) is 6. The number of nitrogens with zero attached hydrogens (tertiary/aromatic N) is 1. The van der Waals surface area contributed by atoms with Crippen molar-refractivity contribution in [1.82, 2.24) is 10.2 Å². The van der Waals surface area contributed by atoms with E-state index >= 15 is 0 Å². The number of methoxy groups -OCH3 is 2. The van der Waals surface area contributed by atoms with Gasteiger partial charge < -0.3 is 18.6 Å². The van der Waals surface area contributed by atoms with Crippen LogP contribution in [-0.2, 0) is 6.61 Å². The summed E-state index contributed by atoms with van der Waals surface area (Å²) in [6.07, 6.45) is 0. The van der Waals surface area contributed by atoms with Gasteiger partial charge in [0.1, 0.15) is 5.75 Å². The molecule has 0 fully saturated rings. The van der Waals surface area contributed by atoms with Gasteiger partial charge in [-0.05, 0) is 12.1 Å². The van der Waals surface area contributed by atoms with Crippen LogP contribution in [0, 0.1) is 0 Å². The summed E-state index contributed by atoms with van der Waals surface area (Å²) in [5.41, 5.74) is 0. The van der Waals surface area contributed by atoms with Crippen LogP contribution < -0.4 is 20.0 Å². The summed E-state index contributed by atoms with van der Waals surface area (Å²) in [5.74, 6) is 1.28. The maximum Gasteiger partial charge on any atom is 0.434 e. The quantitative estimate of drug-likeness (QED) is 0.852. The summed E-state index contributed by atoms with van der Waals surface area (Å²) in [6.45, 7) is 0.0498. The third-order valence-electron chi connectivity index (χ3n) is 2.20. The van der Waals surface area contributed by atoms with E-state index in [0.717, 1.165) is 0 Å². The monoisotopic (exact) mass is 252 g/mol. The largest absolute Gasteiger partial charge is 0.493 e. The van der Waals surface area contributed by atoms with Crippen molar-refractivity contribution in [3.05, 3.63) is 34.6 Å². The van der Waals surface area contributed by atoms with E-state index in [1.165, 1.54) is 7.11 Å². The molecule has 0 radical (unpaired) electrons. The molecule has 0 atom stereocenters. The van der Waals surface area contributed by atoms with Gasteiger partial charge in [-0.25, -0.2) is 9.89 Å². The summed E-state index contributed by atoms with van der Waals surface area (Å²) in [6, 6.07) is 5.10. The average molecular weight is 252 g/mol. The molecular weight excluding hydrogens is 240 g/mol. The van der Waals surface area contributed by atoms with E-state index in [4.69, 9.17) is 18.6 Å². The van der Waals surface area contributed by atoms with E-state index in [0.29, 0.717) is 17.2 Å². The minimum absolute atomic E-state index is 0.0498. The third-order valence-corrected chi connectivity index (χ3v) is 2.20. The van der Waals surface area contributed by atoms with Crippen molar-refractivity contribution in [3.63, 3.8) is 0 Å². The van der Waals surface area contributed by atoms with Crippen LogP contribution in [0.3, 0.4) is 0 Å². The van der Waals surface area contributed by atoms with Crippen molar-refractivity contribution in [2.24, 2.45) is 0 Å². The lowest BCUT2D eigenvalue weighted by Crippen LogP contribution is -1.97. The Bertz CT molecular complexity index is 575. The average Bonchev–Trinajstić information content (AvgIpc) is 2.81. The predicted octanol–water partition coefficient (Wildman–Crippen LogP) is 0.959. The van der Waals surface area contributed by atoms with Crippen molar-refractivity contribution in [2.45, 2.75) is 6.61 Å². The highest BCUT2D eigenvalue weighted by Gasteiger charge is 2.07. The molecule has 2 aromatic rings. The van der Waals surface area contributed by atoms with Gasteiger partial charge in [0.25, 0.3) is 5.89 Å². The number of aromatic nitrogens is 2. The van der Waals surface area contributed by atoms with Crippen LogP contribution >= 0.6 is 0 Å². The summed E-state index contributed by atoms with van der Waals surface area (Å²) in [4.78, 5) is 10.7. The predicted molar refractivity (Wildman–Crippen MR) is 61.0 cm³/mol. The van der Waals surface area contributed by atoms with Gasteiger partial charge >= 0.3 is 5.76 Å². The first-order chi connectivity index (χ1) is 8.72. The first-order valence-electron chi connectivity index (χ1n) is 5.12. The Labute approximate surface area is 102 Å². The fourth-order valence-corrected chi connectivity index (χ4v) is 1.37. The summed E-state index contributed by atoms with van der Waals surface area (Å²) in [5, 5.41) is 5.77. The van der Waals surface area contributed by atoms with Crippen LogP contribution in [0.1, 0.15) is 5.89 Å². The summed E-state index contributed by atoms with van der Waals surface area (Å²) < 4.78 is 20.3. The topological polar surface area (TPSA) is 86.6 Å². The van der Waals surface area contributed by atoms with E-state index in [9.17, 15) is 4.79 Å². The number of rotatable bonds is 5. The molecule has 0 amide bonds. The van der Waals surface area contributed by atoms with E-state index in [-0.39, 0.29) is 12.5 Å². The lowest BCUT2D eigenvalue weighted by molar-refractivity contribution is 0.257. The lowest BCUT2D eigenvalue weighted by Gasteiger charge is -2.09. The molecular formula is C11H12N2O5. The molecule has 0 unspecified atom stereocenters. The number of hydrogen-bond donors (Lipinski definition) is 1. The van der Waals surface area contributed by atoms with Crippen LogP contribution in [0.4, 0.5) is 0 Å². The Balaban J connectivity index is 2.07. The Morgan fingerprint density at radius 2 is 2.06 bits per heavy atom. The SMILES string of the molecule is COc1ccc(OCc2n[nH]c(=O)o2)cc1OC. The maximum absolute atomic E-state index is 10.7. The number of nitrogens with one attached hydrogen (secondary N) is 1. The molecule has 1 aromatic heterocycles. The summed E-state index contributed by atoms with van der Waals surface area (Å²) >= 11 is 0. The molecule has 1 heterocycles. The molecule has 7 heteroatoms. The van der Waals surface area contributed by atoms with Crippen LogP contribution in [0.2, 0.25) is 0 Å². The van der Waals surface area contributed by atoms with Crippen molar-refractivity contribution >= 4 is 0 Å². The van der Waals surface area contributed by atoms with Gasteiger partial charge in [-0.2, -0.15) is 0 Å². The molecule has 96 valence electrons. The fraction of sp³-hybridized carbons (Fsp3) is 0.273. The van der Waals surface area contributed by atoms with Gasteiger partial charge in [0.2, 0.25) is 0 Å². The molecule has 1 aromatic carbocycles. The molecule has 0 aliphatic heterocycles. The normalized spacial score (nSPS) is 10.1. The number of aromatic amines is 1. The number of ether oxygens (including phenoxy) is 3. The second-order valence-corrected chi connectivity index (χ2v) is 3.31. The minimum Gasteiger partial charge on any atom is -0.493 e. The first kappa shape index (κ1) is 12.0. The second kappa shape index (κ2) is 5.26. The van der Waals surface area contributed by atoms with Gasteiger partial charge in [-0.3, -0.25) is 0 Å².